The number of nitrogens with one attached hydrogen (secondary N) is 1. The first-order chi connectivity index (χ1) is 8.28. The van der Waals surface area contributed by atoms with Crippen molar-refractivity contribution in [2.75, 3.05) is 0 Å². The molecule has 92 valence electrons. The zero-order valence-electron chi connectivity index (χ0n) is 10.4. The molecule has 0 spiro atoms. The van der Waals surface area contributed by atoms with Gasteiger partial charge < -0.3 is 5.32 Å². The molecule has 0 saturated heterocycles. The van der Waals surface area contributed by atoms with Gasteiger partial charge in [-0.05, 0) is 54.9 Å². The lowest BCUT2D eigenvalue weighted by Crippen LogP contribution is -2.22. The van der Waals surface area contributed by atoms with E-state index in [1.54, 1.807) is 12.1 Å². The molecule has 1 saturated carbocycles. The first kappa shape index (κ1) is 11.2. The SMILES string of the molecule is CCCC1CC1NC1CCc2cc(F)ccc21. The molecule has 0 heterocycles. The second-order valence-electron chi connectivity index (χ2n) is 5.49. The summed E-state index contributed by atoms with van der Waals surface area (Å²) >= 11 is 0. The summed E-state index contributed by atoms with van der Waals surface area (Å²) in [7, 11) is 0. The van der Waals surface area contributed by atoms with Gasteiger partial charge in [-0.25, -0.2) is 4.39 Å². The summed E-state index contributed by atoms with van der Waals surface area (Å²) in [6.07, 6.45) is 6.13. The molecule has 3 atom stereocenters. The van der Waals surface area contributed by atoms with Crippen LogP contribution in [0.3, 0.4) is 0 Å². The van der Waals surface area contributed by atoms with Crippen molar-refractivity contribution < 1.29 is 4.39 Å². The third-order valence-electron chi connectivity index (χ3n) is 4.18. The molecule has 3 rings (SSSR count). The third kappa shape index (κ3) is 2.23. The summed E-state index contributed by atoms with van der Waals surface area (Å²) in [4.78, 5) is 0. The minimum absolute atomic E-state index is 0.0975. The van der Waals surface area contributed by atoms with Crippen molar-refractivity contribution in [3.63, 3.8) is 0 Å². The summed E-state index contributed by atoms with van der Waals surface area (Å²) in [5.41, 5.74) is 2.53. The van der Waals surface area contributed by atoms with Gasteiger partial charge in [0.05, 0.1) is 0 Å². The molecule has 1 nitrogen and oxygen atoms in total. The standard InChI is InChI=1S/C15H20FN/c1-2-3-11-9-15(11)17-14-7-4-10-8-12(16)5-6-13(10)14/h5-6,8,11,14-15,17H,2-4,7,9H2,1H3. The van der Waals surface area contributed by atoms with Gasteiger partial charge in [0.25, 0.3) is 0 Å². The van der Waals surface area contributed by atoms with E-state index >= 15 is 0 Å². The zero-order valence-corrected chi connectivity index (χ0v) is 10.4. The maximum absolute atomic E-state index is 13.1. The molecule has 3 unspecified atom stereocenters. The largest absolute Gasteiger partial charge is 0.307 e. The van der Waals surface area contributed by atoms with Crippen LogP contribution in [0.1, 0.15) is 49.8 Å². The number of fused-ring (bicyclic) bond motifs is 1. The molecule has 1 fully saturated rings. The van der Waals surface area contributed by atoms with Crippen LogP contribution in [0.4, 0.5) is 4.39 Å². The lowest BCUT2D eigenvalue weighted by atomic mass is 10.1. The highest BCUT2D eigenvalue weighted by Gasteiger charge is 2.38. The summed E-state index contributed by atoms with van der Waals surface area (Å²) in [6.45, 7) is 2.25. The van der Waals surface area contributed by atoms with E-state index in [1.165, 1.54) is 30.4 Å². The minimum atomic E-state index is -0.0975. The third-order valence-corrected chi connectivity index (χ3v) is 4.18. The van der Waals surface area contributed by atoms with E-state index in [9.17, 15) is 4.39 Å². The van der Waals surface area contributed by atoms with Gasteiger partial charge in [0.1, 0.15) is 5.82 Å². The average Bonchev–Trinajstić information content (AvgIpc) is 2.91. The summed E-state index contributed by atoms with van der Waals surface area (Å²) < 4.78 is 13.1. The zero-order chi connectivity index (χ0) is 11.8. The highest BCUT2D eigenvalue weighted by Crippen LogP contribution is 2.39. The number of halogens is 1. The number of rotatable bonds is 4. The van der Waals surface area contributed by atoms with Gasteiger partial charge in [0.2, 0.25) is 0 Å². The molecular weight excluding hydrogens is 213 g/mol. The molecule has 2 heteroatoms. The Kier molecular flexibility index (Phi) is 2.91. The predicted molar refractivity (Wildman–Crippen MR) is 67.4 cm³/mol. The van der Waals surface area contributed by atoms with Crippen LogP contribution < -0.4 is 5.32 Å². The number of hydrogen-bond donors (Lipinski definition) is 1. The van der Waals surface area contributed by atoms with Gasteiger partial charge >= 0.3 is 0 Å². The lowest BCUT2D eigenvalue weighted by Gasteiger charge is -2.14. The van der Waals surface area contributed by atoms with E-state index in [0.29, 0.717) is 6.04 Å². The molecular formula is C15H20FN. The number of aryl methyl sites for hydroxylation is 1. The van der Waals surface area contributed by atoms with Gasteiger partial charge in [-0.15, -0.1) is 0 Å². The lowest BCUT2D eigenvalue weighted by molar-refractivity contribution is 0.498. The predicted octanol–water partition coefficient (Wildman–Crippen LogP) is 3.59. The van der Waals surface area contributed by atoms with Gasteiger partial charge in [0.15, 0.2) is 0 Å². The quantitative estimate of drug-likeness (QED) is 0.838. The van der Waals surface area contributed by atoms with Crippen LogP contribution in [0.2, 0.25) is 0 Å². The summed E-state index contributed by atoms with van der Waals surface area (Å²) in [5.74, 6) is 0.796. The van der Waals surface area contributed by atoms with Crippen molar-refractivity contribution in [2.45, 2.75) is 51.1 Å². The molecule has 0 amide bonds. The number of hydrogen-bond acceptors (Lipinski definition) is 1. The van der Waals surface area contributed by atoms with Crippen molar-refractivity contribution in [2.24, 2.45) is 5.92 Å². The first-order valence-electron chi connectivity index (χ1n) is 6.82. The van der Waals surface area contributed by atoms with Gasteiger partial charge in [-0.2, -0.15) is 0 Å². The topological polar surface area (TPSA) is 12.0 Å². The van der Waals surface area contributed by atoms with Crippen LogP contribution in [0.15, 0.2) is 18.2 Å². The molecule has 2 aliphatic rings. The second-order valence-corrected chi connectivity index (χ2v) is 5.49. The van der Waals surface area contributed by atoms with Gasteiger partial charge in [-0.3, -0.25) is 0 Å². The molecule has 0 aromatic heterocycles. The van der Waals surface area contributed by atoms with Crippen LogP contribution >= 0.6 is 0 Å². The molecule has 1 N–H and O–H groups in total. The van der Waals surface area contributed by atoms with E-state index < -0.39 is 0 Å². The van der Waals surface area contributed by atoms with Gasteiger partial charge in [0, 0.05) is 12.1 Å². The van der Waals surface area contributed by atoms with Crippen molar-refractivity contribution >= 4 is 0 Å². The molecule has 0 radical (unpaired) electrons. The van der Waals surface area contributed by atoms with Crippen molar-refractivity contribution in [3.8, 4) is 0 Å². The highest BCUT2D eigenvalue weighted by molar-refractivity contribution is 5.35. The monoisotopic (exact) mass is 233 g/mol. The fourth-order valence-corrected chi connectivity index (χ4v) is 3.16. The Morgan fingerprint density at radius 1 is 1.41 bits per heavy atom. The highest BCUT2D eigenvalue weighted by atomic mass is 19.1. The Balaban J connectivity index is 1.64. The van der Waals surface area contributed by atoms with Crippen LogP contribution in [-0.2, 0) is 6.42 Å². The Labute approximate surface area is 102 Å². The maximum Gasteiger partial charge on any atom is 0.123 e. The Bertz CT molecular complexity index is 415. The van der Waals surface area contributed by atoms with Crippen LogP contribution in [-0.4, -0.2) is 6.04 Å². The van der Waals surface area contributed by atoms with E-state index in [4.69, 9.17) is 0 Å². The second kappa shape index (κ2) is 4.41. The summed E-state index contributed by atoms with van der Waals surface area (Å²) in [5, 5.41) is 3.74. The molecule has 0 aliphatic heterocycles. The smallest absolute Gasteiger partial charge is 0.123 e. The van der Waals surface area contributed by atoms with E-state index in [-0.39, 0.29) is 5.82 Å². The van der Waals surface area contributed by atoms with E-state index in [2.05, 4.69) is 12.2 Å². The molecule has 2 aliphatic carbocycles. The Morgan fingerprint density at radius 2 is 2.29 bits per heavy atom. The molecule has 1 aromatic carbocycles. The fraction of sp³-hybridized carbons (Fsp3) is 0.600. The minimum Gasteiger partial charge on any atom is -0.307 e. The molecule has 0 bridgehead atoms. The van der Waals surface area contributed by atoms with Crippen LogP contribution in [0, 0.1) is 11.7 Å². The van der Waals surface area contributed by atoms with Crippen LogP contribution in [0.25, 0.3) is 0 Å². The van der Waals surface area contributed by atoms with Gasteiger partial charge in [-0.1, -0.05) is 19.4 Å². The normalized spacial score (nSPS) is 30.4. The molecule has 17 heavy (non-hydrogen) atoms. The van der Waals surface area contributed by atoms with E-state index in [1.807, 2.05) is 6.07 Å². The maximum atomic E-state index is 13.1. The fourth-order valence-electron chi connectivity index (χ4n) is 3.16. The van der Waals surface area contributed by atoms with E-state index in [0.717, 1.165) is 24.8 Å². The Hall–Kier alpha value is -0.890. The average molecular weight is 233 g/mol. The molecule has 1 aromatic rings. The summed E-state index contributed by atoms with van der Waals surface area (Å²) in [6, 6.07) is 6.45. The number of benzene rings is 1. The first-order valence-corrected chi connectivity index (χ1v) is 6.82. The van der Waals surface area contributed by atoms with Crippen molar-refractivity contribution in [1.82, 2.24) is 5.32 Å². The van der Waals surface area contributed by atoms with Crippen LogP contribution in [0.5, 0.6) is 0 Å². The Morgan fingerprint density at radius 3 is 3.12 bits per heavy atom. The van der Waals surface area contributed by atoms with Crippen molar-refractivity contribution in [1.29, 1.82) is 0 Å². The van der Waals surface area contributed by atoms with Crippen molar-refractivity contribution in [3.05, 3.63) is 35.1 Å².